The predicted octanol–water partition coefficient (Wildman–Crippen LogP) is 5.76. The average molecular weight is 567 g/mol. The number of benzene rings is 1. The summed E-state index contributed by atoms with van der Waals surface area (Å²) in [5.74, 6) is -2.55. The molecule has 1 aliphatic heterocycles. The average Bonchev–Trinajstić information content (AvgIpc) is 3.20. The fourth-order valence-electron chi connectivity index (χ4n) is 4.34. The molecule has 0 saturated heterocycles. The summed E-state index contributed by atoms with van der Waals surface area (Å²) in [6, 6.07) is 11.9. The molecule has 1 heterocycles. The molecule has 0 aromatic heterocycles. The van der Waals surface area contributed by atoms with Crippen molar-refractivity contribution in [3.63, 3.8) is 0 Å². The van der Waals surface area contributed by atoms with E-state index in [0.717, 1.165) is 4.90 Å². The molecule has 0 saturated carbocycles. The third-order valence-corrected chi connectivity index (χ3v) is 7.40. The summed E-state index contributed by atoms with van der Waals surface area (Å²) in [4.78, 5) is 52.8. The molecule has 40 heavy (non-hydrogen) atoms. The molecule has 3 aliphatic rings. The summed E-state index contributed by atoms with van der Waals surface area (Å²) in [7, 11) is -0.559. The van der Waals surface area contributed by atoms with Gasteiger partial charge in [0.2, 0.25) is 0 Å². The molecule has 1 aromatic carbocycles. The lowest BCUT2D eigenvalue weighted by atomic mass is 9.99. The number of hydrogen-bond donors (Lipinski definition) is 1. The maximum atomic E-state index is 13.5. The summed E-state index contributed by atoms with van der Waals surface area (Å²) < 4.78 is 32.9. The number of anilines is 1. The SMILES string of the molecule is CCOC(=O)Oc1c2ccc(C(O)(P=O)C(C)C)ccc-2c(OC(=O)OCC)c1N1C(=O)c2ccccc2C1=O. The van der Waals surface area contributed by atoms with E-state index in [0.29, 0.717) is 0 Å². The quantitative estimate of drug-likeness (QED) is 0.203. The van der Waals surface area contributed by atoms with Crippen LogP contribution in [0.25, 0.3) is 11.1 Å². The highest BCUT2D eigenvalue weighted by Gasteiger charge is 2.44. The van der Waals surface area contributed by atoms with E-state index in [1.807, 2.05) is 0 Å². The van der Waals surface area contributed by atoms with Crippen LogP contribution in [0.15, 0.2) is 48.5 Å². The van der Waals surface area contributed by atoms with Gasteiger partial charge in [0, 0.05) is 11.1 Å². The Bertz CT molecular complexity index is 1390. The van der Waals surface area contributed by atoms with Gasteiger partial charge in [-0.2, -0.15) is 0 Å². The number of rotatable bonds is 8. The van der Waals surface area contributed by atoms with E-state index in [4.69, 9.17) is 18.9 Å². The molecule has 208 valence electrons. The smallest absolute Gasteiger partial charge is 0.434 e. The highest BCUT2D eigenvalue weighted by Crippen LogP contribution is 2.55. The van der Waals surface area contributed by atoms with Gasteiger partial charge >= 0.3 is 12.3 Å². The van der Waals surface area contributed by atoms with Gasteiger partial charge in [0.05, 0.1) is 24.3 Å². The molecule has 12 heteroatoms. The van der Waals surface area contributed by atoms with Crippen molar-refractivity contribution in [1.82, 2.24) is 0 Å². The lowest BCUT2D eigenvalue weighted by Crippen LogP contribution is -2.30. The third kappa shape index (κ3) is 4.89. The monoisotopic (exact) mass is 567 g/mol. The molecule has 4 rings (SSSR count). The Kier molecular flexibility index (Phi) is 8.18. The van der Waals surface area contributed by atoms with E-state index in [1.165, 1.54) is 36.4 Å². The van der Waals surface area contributed by atoms with Gasteiger partial charge in [-0.05, 0) is 49.6 Å². The predicted molar refractivity (Wildman–Crippen MR) is 142 cm³/mol. The van der Waals surface area contributed by atoms with Gasteiger partial charge in [-0.25, -0.2) is 14.5 Å². The van der Waals surface area contributed by atoms with Crippen LogP contribution in [0.2, 0.25) is 0 Å². The largest absolute Gasteiger partial charge is 0.513 e. The number of nitrogens with zero attached hydrogens (tertiary/aromatic N) is 1. The minimum absolute atomic E-state index is 0.0338. The molecule has 0 fully saturated rings. The first kappa shape index (κ1) is 28.7. The topological polar surface area (TPSA) is 146 Å². The second-order valence-electron chi connectivity index (χ2n) is 8.99. The van der Waals surface area contributed by atoms with Gasteiger partial charge in [0.25, 0.3) is 11.8 Å². The van der Waals surface area contributed by atoms with Crippen LogP contribution in [-0.2, 0) is 19.4 Å². The number of fused-ring (bicyclic) bond motifs is 2. The van der Waals surface area contributed by atoms with Crippen molar-refractivity contribution in [2.75, 3.05) is 18.1 Å². The first-order valence-electron chi connectivity index (χ1n) is 12.4. The zero-order chi connectivity index (χ0) is 29.2. The van der Waals surface area contributed by atoms with E-state index in [-0.39, 0.29) is 58.2 Å². The highest BCUT2D eigenvalue weighted by atomic mass is 31.1. The second kappa shape index (κ2) is 11.4. The molecule has 2 aliphatic carbocycles. The Morgan fingerprint density at radius 1 is 0.825 bits per heavy atom. The molecule has 1 aromatic rings. The van der Waals surface area contributed by atoms with Crippen LogP contribution >= 0.6 is 8.46 Å². The van der Waals surface area contributed by atoms with Crippen LogP contribution in [0.3, 0.4) is 0 Å². The van der Waals surface area contributed by atoms with Gasteiger partial charge in [0.15, 0.2) is 25.3 Å². The number of carbonyl (C=O) groups is 4. The molecule has 0 radical (unpaired) electrons. The third-order valence-electron chi connectivity index (χ3n) is 6.35. The van der Waals surface area contributed by atoms with Crippen molar-refractivity contribution in [2.45, 2.75) is 33.0 Å². The zero-order valence-corrected chi connectivity index (χ0v) is 23.0. The molecule has 1 unspecified atom stereocenters. The molecular weight excluding hydrogens is 541 g/mol. The summed E-state index contributed by atoms with van der Waals surface area (Å²) >= 11 is 0. The Balaban J connectivity index is 2.04. The normalized spacial score (nSPS) is 14.3. The van der Waals surface area contributed by atoms with E-state index < -0.39 is 43.8 Å². The molecule has 0 spiro atoms. The van der Waals surface area contributed by atoms with Crippen molar-refractivity contribution in [2.24, 2.45) is 5.92 Å². The number of imide groups is 1. The van der Waals surface area contributed by atoms with Crippen molar-refractivity contribution in [3.05, 3.63) is 65.2 Å². The fourth-order valence-corrected chi connectivity index (χ4v) is 4.80. The minimum atomic E-state index is -1.77. The Morgan fingerprint density at radius 2 is 1.27 bits per heavy atom. The lowest BCUT2D eigenvalue weighted by Gasteiger charge is -2.24. The summed E-state index contributed by atoms with van der Waals surface area (Å²) in [6.07, 6.45) is -2.28. The van der Waals surface area contributed by atoms with Gasteiger partial charge in [-0.15, -0.1) is 0 Å². The second-order valence-corrected chi connectivity index (χ2v) is 9.85. The summed E-state index contributed by atoms with van der Waals surface area (Å²) in [5.41, 5.74) is 0.382. The Hall–Kier alpha value is -4.34. The van der Waals surface area contributed by atoms with E-state index in [9.17, 15) is 28.8 Å². The number of ether oxygens (including phenoxy) is 4. The van der Waals surface area contributed by atoms with Crippen LogP contribution in [-0.4, -0.2) is 42.4 Å². The molecule has 11 nitrogen and oxygen atoms in total. The van der Waals surface area contributed by atoms with E-state index in [2.05, 4.69) is 0 Å². The van der Waals surface area contributed by atoms with Crippen molar-refractivity contribution in [3.8, 4) is 22.6 Å². The number of carbonyl (C=O) groups excluding carboxylic acids is 4. The number of amides is 2. The van der Waals surface area contributed by atoms with Crippen LogP contribution in [0.5, 0.6) is 11.5 Å². The van der Waals surface area contributed by atoms with Gasteiger partial charge in [-0.3, -0.25) is 14.2 Å². The molecular formula is C28H26NO10P. The van der Waals surface area contributed by atoms with E-state index >= 15 is 0 Å². The lowest BCUT2D eigenvalue weighted by molar-refractivity contribution is 0.0798. The summed E-state index contributed by atoms with van der Waals surface area (Å²) in [6.45, 7) is 6.42. The summed E-state index contributed by atoms with van der Waals surface area (Å²) in [5, 5.41) is 9.29. The van der Waals surface area contributed by atoms with Crippen LogP contribution in [0.4, 0.5) is 15.3 Å². The zero-order valence-electron chi connectivity index (χ0n) is 22.1. The number of hydrogen-bond acceptors (Lipinski definition) is 10. The molecule has 2 amide bonds. The minimum Gasteiger partial charge on any atom is -0.434 e. The number of aliphatic hydroxyl groups is 1. The first-order chi connectivity index (χ1) is 19.1. The molecule has 1 atom stereocenters. The molecule has 1 N–H and O–H groups in total. The van der Waals surface area contributed by atoms with Crippen molar-refractivity contribution >= 4 is 38.3 Å². The van der Waals surface area contributed by atoms with Crippen LogP contribution in [0, 0.1) is 5.92 Å². The van der Waals surface area contributed by atoms with Gasteiger partial charge in [0.1, 0.15) is 5.69 Å². The van der Waals surface area contributed by atoms with Crippen molar-refractivity contribution < 1.29 is 47.8 Å². The maximum absolute atomic E-state index is 13.5. The van der Waals surface area contributed by atoms with Gasteiger partial charge in [-0.1, -0.05) is 38.1 Å². The fraction of sp³-hybridized carbons (Fsp3) is 0.286. The van der Waals surface area contributed by atoms with Crippen molar-refractivity contribution in [1.29, 1.82) is 0 Å². The molecule has 0 bridgehead atoms. The van der Waals surface area contributed by atoms with Crippen LogP contribution < -0.4 is 14.4 Å². The first-order valence-corrected chi connectivity index (χ1v) is 13.2. The van der Waals surface area contributed by atoms with E-state index in [1.54, 1.807) is 39.8 Å². The highest BCUT2D eigenvalue weighted by molar-refractivity contribution is 7.25. The Labute approximate surface area is 231 Å². The van der Waals surface area contributed by atoms with Gasteiger partial charge < -0.3 is 24.1 Å². The Morgan fingerprint density at radius 3 is 1.65 bits per heavy atom. The van der Waals surface area contributed by atoms with Crippen LogP contribution in [0.1, 0.15) is 54.0 Å². The standard InChI is InChI=1S/C28H26NO10P/c1-5-36-26(32)38-22-17-13-11-16(28(34,40-35)15(3)4)12-14-18(17)23(39-27(33)37-6-2)21(22)29-24(30)19-9-7-8-10-20(19)25(29)31/h7-15,34H,5-6H2,1-4H3. The maximum Gasteiger partial charge on any atom is 0.513 e.